The van der Waals surface area contributed by atoms with Gasteiger partial charge in [-0.25, -0.2) is 63.2 Å². The van der Waals surface area contributed by atoms with Crippen LogP contribution in [0.5, 0.6) is 0 Å². The van der Waals surface area contributed by atoms with Crippen molar-refractivity contribution >= 4 is 54.2 Å². The smallest absolute Gasteiger partial charge is 0.237 e. The third-order valence-electron chi connectivity index (χ3n) is 7.88. The Morgan fingerprint density at radius 2 is 1.06 bits per heavy atom. The van der Waals surface area contributed by atoms with E-state index < -0.39 is 129 Å². The summed E-state index contributed by atoms with van der Waals surface area (Å²) in [6.07, 6.45) is 0. The minimum atomic E-state index is -2.49. The van der Waals surface area contributed by atoms with Crippen molar-refractivity contribution in [2.45, 2.75) is 6.92 Å². The molecule has 0 saturated heterocycles. The Bertz CT molecular complexity index is 2730. The fourth-order valence-corrected chi connectivity index (χ4v) is 7.98. The minimum absolute atomic E-state index is 0.235. The van der Waals surface area contributed by atoms with Crippen molar-refractivity contribution in [2.75, 3.05) is 0 Å². The molecule has 0 spiro atoms. The van der Waals surface area contributed by atoms with Crippen molar-refractivity contribution in [1.29, 1.82) is 10.5 Å². The van der Waals surface area contributed by atoms with Gasteiger partial charge in [0.2, 0.25) is 11.5 Å². The molecule has 6 aromatic rings. The number of hydrogen-bond acceptors (Lipinski definition) is 4. The second-order valence-corrected chi connectivity index (χ2v) is 12.7. The van der Waals surface area contributed by atoms with Crippen LogP contribution in [0.3, 0.4) is 0 Å². The molecule has 4 aromatic carbocycles. The predicted molar refractivity (Wildman–Crippen MR) is 167 cm³/mol. The zero-order chi connectivity index (χ0) is 38.1. The van der Waals surface area contributed by atoms with Crippen LogP contribution in [0.1, 0.15) is 16.7 Å². The van der Waals surface area contributed by atoms with Crippen molar-refractivity contribution in [3.05, 3.63) is 138 Å². The Kier molecular flexibility index (Phi) is 8.76. The molecule has 0 saturated carbocycles. The van der Waals surface area contributed by atoms with Gasteiger partial charge in [0.25, 0.3) is 5.70 Å². The van der Waals surface area contributed by atoms with E-state index in [1.165, 1.54) is 6.07 Å². The van der Waals surface area contributed by atoms with Gasteiger partial charge in [-0.1, -0.05) is 0 Å². The largest absolute Gasteiger partial charge is 0.271 e. The van der Waals surface area contributed by atoms with Gasteiger partial charge in [-0.2, -0.15) is 5.26 Å². The van der Waals surface area contributed by atoms with Crippen LogP contribution in [0.15, 0.2) is 24.3 Å². The maximum absolute atomic E-state index is 15.4. The van der Waals surface area contributed by atoms with Crippen LogP contribution < -0.4 is 10.4 Å². The molecule has 0 aliphatic heterocycles. The first-order valence-corrected chi connectivity index (χ1v) is 15.4. The Balaban J connectivity index is 1.97. The highest BCUT2D eigenvalue weighted by atomic mass is 32.1. The molecule has 17 heteroatoms. The van der Waals surface area contributed by atoms with Crippen LogP contribution in [0.4, 0.5) is 48.3 Å². The summed E-state index contributed by atoms with van der Waals surface area (Å²) in [5.74, 6) is -21.8. The average molecular weight is 757 g/mol. The Hall–Kier alpha value is -6.27. The Morgan fingerprint density at radius 1 is 0.596 bits per heavy atom. The van der Waals surface area contributed by atoms with Gasteiger partial charge in [0.05, 0.1) is 35.9 Å². The van der Waals surface area contributed by atoms with Crippen LogP contribution in [0.2, 0.25) is 0 Å². The topological polar surface area (TPSA) is 56.3 Å². The van der Waals surface area contributed by atoms with E-state index in [9.17, 15) is 36.9 Å². The van der Waals surface area contributed by atoms with E-state index in [1.54, 1.807) is 6.07 Å². The summed E-state index contributed by atoms with van der Waals surface area (Å²) in [5, 5.41) is 17.5. The van der Waals surface area contributed by atoms with Crippen molar-refractivity contribution in [1.82, 2.24) is 0 Å². The summed E-state index contributed by atoms with van der Waals surface area (Å²) < 4.78 is 162. The fourth-order valence-electron chi connectivity index (χ4n) is 5.47. The van der Waals surface area contributed by atoms with Gasteiger partial charge < -0.3 is 0 Å². The highest BCUT2D eigenvalue weighted by Crippen LogP contribution is 2.42. The molecule has 0 N–H and O–H groups in total. The minimum Gasteiger partial charge on any atom is -0.237 e. The average Bonchev–Trinajstić information content (AvgIpc) is 3.75. The summed E-state index contributed by atoms with van der Waals surface area (Å²) in [6.45, 7) is 16.3. The second-order valence-electron chi connectivity index (χ2n) is 10.6. The predicted octanol–water partition coefficient (Wildman–Crippen LogP) is 9.79. The summed E-state index contributed by atoms with van der Waals surface area (Å²) >= 11 is 0.529. The SMILES string of the molecule is [C-]#[N+]/C(C#N)=c1/c2cc(-c3c(F)c(F)c(C)c(F)c3F)sc2/c(=C(/[N+]#[C-])c2cc(C#N)c(F)cc2F)c2cc(-c3c(F)c(F)c(F)c(F)c3F)sc12. The third kappa shape index (κ3) is 5.05. The van der Waals surface area contributed by atoms with Crippen LogP contribution >= 0.6 is 22.7 Å². The number of nitriles is 2. The van der Waals surface area contributed by atoms with Gasteiger partial charge in [0, 0.05) is 46.8 Å². The first-order valence-electron chi connectivity index (χ1n) is 13.8. The van der Waals surface area contributed by atoms with E-state index in [4.69, 9.17) is 13.1 Å². The highest BCUT2D eigenvalue weighted by molar-refractivity contribution is 7.24. The molecule has 0 aliphatic carbocycles. The summed E-state index contributed by atoms with van der Waals surface area (Å²) in [5.41, 5.74) is -6.93. The van der Waals surface area contributed by atoms with E-state index in [0.717, 1.165) is 19.1 Å². The van der Waals surface area contributed by atoms with Gasteiger partial charge in [-0.05, 0) is 35.9 Å². The normalized spacial score (nSPS) is 12.4. The molecular formula is C35H7F11N4S2. The third-order valence-corrected chi connectivity index (χ3v) is 10.2. The van der Waals surface area contributed by atoms with E-state index in [1.807, 2.05) is 0 Å². The van der Waals surface area contributed by atoms with Crippen LogP contribution in [0.25, 0.3) is 62.1 Å². The lowest BCUT2D eigenvalue weighted by Gasteiger charge is -2.08. The number of rotatable bonds is 3. The number of benzene rings is 4. The Labute approximate surface area is 290 Å². The Morgan fingerprint density at radius 3 is 1.52 bits per heavy atom. The number of thiophene rings is 2. The maximum atomic E-state index is 15.4. The number of nitrogens with zero attached hydrogens (tertiary/aromatic N) is 4. The molecule has 0 unspecified atom stereocenters. The number of fused-ring (bicyclic) bond motifs is 2. The lowest BCUT2D eigenvalue weighted by atomic mass is 10.0. The second kappa shape index (κ2) is 12.8. The van der Waals surface area contributed by atoms with Crippen molar-refractivity contribution < 1.29 is 48.3 Å². The van der Waals surface area contributed by atoms with Gasteiger partial charge in [-0.3, -0.25) is 0 Å². The zero-order valence-electron chi connectivity index (χ0n) is 25.1. The summed E-state index contributed by atoms with van der Waals surface area (Å²) in [7, 11) is 0. The molecule has 0 radical (unpaired) electrons. The number of halogens is 11. The quantitative estimate of drug-likeness (QED) is 0.0782. The van der Waals surface area contributed by atoms with Gasteiger partial charge in [0.15, 0.2) is 46.5 Å². The first-order chi connectivity index (χ1) is 24.6. The van der Waals surface area contributed by atoms with Gasteiger partial charge >= 0.3 is 0 Å². The van der Waals surface area contributed by atoms with Crippen LogP contribution in [-0.4, -0.2) is 0 Å². The zero-order valence-corrected chi connectivity index (χ0v) is 26.7. The van der Waals surface area contributed by atoms with Gasteiger partial charge in [0.1, 0.15) is 17.7 Å². The van der Waals surface area contributed by atoms with E-state index in [-0.39, 0.29) is 32.2 Å². The van der Waals surface area contributed by atoms with Crippen LogP contribution in [0, 0.1) is 107 Å². The standard InChI is InChI=1S/C35H7F11N4S2/c1-10-24(38)26(40)22(27(41)25(10)39)18-5-13-20(17(9-48)49-2)34-14(6-19(51-34)23-28(42)30(44)32(46)31(45)29(23)43)21(35(13)52-18)33(50-3)12-4-11(8-47)15(36)7-16(12)37/h4-7H,1H3/b20-17-,33-21+. The molecule has 256 valence electrons. The molecule has 0 amide bonds. The molecule has 52 heavy (non-hydrogen) atoms. The van der Waals surface area contributed by atoms with E-state index in [0.29, 0.717) is 17.4 Å². The molecule has 2 heterocycles. The van der Waals surface area contributed by atoms with Gasteiger partial charge in [-0.15, -0.1) is 22.7 Å². The molecule has 0 fully saturated rings. The van der Waals surface area contributed by atoms with Crippen LogP contribution in [-0.2, 0) is 0 Å². The maximum Gasteiger partial charge on any atom is 0.271 e. The van der Waals surface area contributed by atoms with E-state index in [2.05, 4.69) is 9.69 Å². The van der Waals surface area contributed by atoms with E-state index >= 15 is 22.0 Å². The molecule has 0 bridgehead atoms. The number of hydrogen-bond donors (Lipinski definition) is 0. The molecule has 6 rings (SSSR count). The molecular weight excluding hydrogens is 750 g/mol. The van der Waals surface area contributed by atoms with Crippen molar-refractivity contribution in [2.24, 2.45) is 0 Å². The monoisotopic (exact) mass is 756 g/mol. The highest BCUT2D eigenvalue weighted by Gasteiger charge is 2.30. The first kappa shape index (κ1) is 35.6. The fraction of sp³-hybridized carbons (Fsp3) is 0.0286. The summed E-state index contributed by atoms with van der Waals surface area (Å²) in [6, 6.07) is 5.50. The summed E-state index contributed by atoms with van der Waals surface area (Å²) in [4.78, 5) is 5.09. The lowest BCUT2D eigenvalue weighted by Crippen LogP contribution is -2.16. The molecule has 4 nitrogen and oxygen atoms in total. The lowest BCUT2D eigenvalue weighted by molar-refractivity contribution is 0.381. The van der Waals surface area contributed by atoms with Crippen molar-refractivity contribution in [3.8, 4) is 33.0 Å². The van der Waals surface area contributed by atoms with Crippen molar-refractivity contribution in [3.63, 3.8) is 0 Å². The molecule has 0 atom stereocenters. The molecule has 2 aromatic heterocycles. The molecule has 0 aliphatic rings.